The lowest BCUT2D eigenvalue weighted by Crippen LogP contribution is -2.70. The number of fused-ring (bicyclic) bond motifs is 1. The number of ether oxygens (including phenoxy) is 2. The number of nitrogens with zero attached hydrogens (tertiary/aromatic N) is 1. The molecule has 0 spiro atoms. The first kappa shape index (κ1) is 17.3. The monoisotopic (exact) mass is 362 g/mol. The number of amides is 2. The van der Waals surface area contributed by atoms with Gasteiger partial charge in [-0.2, -0.15) is 0 Å². The number of para-hydroxylation sites is 1. The van der Waals surface area contributed by atoms with Gasteiger partial charge in [0.15, 0.2) is 6.61 Å². The highest BCUT2D eigenvalue weighted by Crippen LogP contribution is 2.40. The lowest BCUT2D eigenvalue weighted by Gasteiger charge is -2.49. The Labute approximate surface area is 149 Å². The fraction of sp³-hybridized carbons (Fsp3) is 0.353. The van der Waals surface area contributed by atoms with Crippen LogP contribution in [0.3, 0.4) is 0 Å². The van der Waals surface area contributed by atoms with Crippen LogP contribution in [0.1, 0.15) is 6.92 Å². The number of hydrogen-bond acceptors (Lipinski definition) is 6. The minimum Gasteiger partial charge on any atom is -0.484 e. The molecule has 0 saturated carbocycles. The molecule has 0 aliphatic carbocycles. The van der Waals surface area contributed by atoms with E-state index in [2.05, 4.69) is 5.32 Å². The van der Waals surface area contributed by atoms with E-state index in [4.69, 9.17) is 9.47 Å². The molecule has 2 heterocycles. The van der Waals surface area contributed by atoms with Crippen LogP contribution < -0.4 is 10.1 Å². The summed E-state index contributed by atoms with van der Waals surface area (Å²) >= 11 is 1.50. The van der Waals surface area contributed by atoms with Crippen molar-refractivity contribution in [3.63, 3.8) is 0 Å². The third kappa shape index (κ3) is 3.34. The van der Waals surface area contributed by atoms with E-state index in [-0.39, 0.29) is 29.5 Å². The van der Waals surface area contributed by atoms with E-state index in [1.54, 1.807) is 19.1 Å². The summed E-state index contributed by atoms with van der Waals surface area (Å²) in [5.74, 6) is -0.0457. The van der Waals surface area contributed by atoms with Crippen LogP contribution in [-0.2, 0) is 19.1 Å². The van der Waals surface area contributed by atoms with Gasteiger partial charge >= 0.3 is 5.97 Å². The molecule has 1 aromatic rings. The highest BCUT2D eigenvalue weighted by atomic mass is 32.2. The molecule has 1 fully saturated rings. The molecule has 7 nitrogen and oxygen atoms in total. The van der Waals surface area contributed by atoms with Crippen LogP contribution in [-0.4, -0.2) is 53.6 Å². The number of nitrogens with one attached hydrogen (secondary N) is 1. The number of β-lactam (4-membered cyclic amide) rings is 1. The summed E-state index contributed by atoms with van der Waals surface area (Å²) in [5.41, 5.74) is 1.07. The van der Waals surface area contributed by atoms with Crippen LogP contribution in [0.4, 0.5) is 0 Å². The molecule has 1 unspecified atom stereocenters. The SMILES string of the molecule is COC(=O)C1=C(C)CS[C@@H]2C(NC(=O)COc3ccccc3)C(=O)N12. The molecule has 1 N–H and O–H groups in total. The maximum atomic E-state index is 12.4. The van der Waals surface area contributed by atoms with Crippen LogP contribution >= 0.6 is 11.8 Å². The van der Waals surface area contributed by atoms with Crippen molar-refractivity contribution >= 4 is 29.5 Å². The van der Waals surface area contributed by atoms with Gasteiger partial charge in [0.1, 0.15) is 22.9 Å². The summed E-state index contributed by atoms with van der Waals surface area (Å²) in [7, 11) is 1.28. The average molecular weight is 362 g/mol. The van der Waals surface area contributed by atoms with Gasteiger partial charge in [-0.1, -0.05) is 18.2 Å². The Bertz CT molecular complexity index is 734. The van der Waals surface area contributed by atoms with Crippen LogP contribution in [0, 0.1) is 0 Å². The topological polar surface area (TPSA) is 84.9 Å². The van der Waals surface area contributed by atoms with Gasteiger partial charge in [-0.05, 0) is 24.6 Å². The van der Waals surface area contributed by atoms with Crippen LogP contribution in [0.2, 0.25) is 0 Å². The minimum atomic E-state index is -0.662. The van der Waals surface area contributed by atoms with Crippen molar-refractivity contribution in [2.24, 2.45) is 0 Å². The molecule has 2 aliphatic rings. The predicted molar refractivity (Wildman–Crippen MR) is 91.7 cm³/mol. The minimum absolute atomic E-state index is 0.177. The highest BCUT2D eigenvalue weighted by molar-refractivity contribution is 8.00. The summed E-state index contributed by atoms with van der Waals surface area (Å²) in [6.07, 6.45) is 0. The molecule has 2 atom stereocenters. The second-order valence-electron chi connectivity index (χ2n) is 5.68. The molecule has 25 heavy (non-hydrogen) atoms. The molecule has 1 saturated heterocycles. The Morgan fingerprint density at radius 3 is 2.72 bits per heavy atom. The number of methoxy groups -OCH3 is 1. The molecule has 0 bridgehead atoms. The number of benzene rings is 1. The molecule has 1 aromatic carbocycles. The van der Waals surface area contributed by atoms with Crippen molar-refractivity contribution in [1.29, 1.82) is 0 Å². The zero-order valence-corrected chi connectivity index (χ0v) is 14.7. The number of rotatable bonds is 5. The van der Waals surface area contributed by atoms with Crippen molar-refractivity contribution in [3.05, 3.63) is 41.6 Å². The van der Waals surface area contributed by atoms with E-state index in [1.807, 2.05) is 18.2 Å². The quantitative estimate of drug-likeness (QED) is 0.619. The Balaban J connectivity index is 1.60. The third-order valence-corrected chi connectivity index (χ3v) is 5.39. The Morgan fingerprint density at radius 2 is 2.04 bits per heavy atom. The van der Waals surface area contributed by atoms with E-state index in [0.29, 0.717) is 11.5 Å². The summed E-state index contributed by atoms with van der Waals surface area (Å²) in [4.78, 5) is 37.8. The number of esters is 1. The van der Waals surface area contributed by atoms with Crippen LogP contribution in [0.25, 0.3) is 0 Å². The molecule has 2 amide bonds. The summed E-state index contributed by atoms with van der Waals surface area (Å²) < 4.78 is 10.1. The third-order valence-electron chi connectivity index (χ3n) is 3.97. The van der Waals surface area contributed by atoms with Gasteiger partial charge in [-0.15, -0.1) is 11.8 Å². The fourth-order valence-electron chi connectivity index (χ4n) is 2.74. The Hall–Kier alpha value is -2.48. The summed E-state index contributed by atoms with van der Waals surface area (Å²) in [6, 6.07) is 8.30. The largest absolute Gasteiger partial charge is 0.484 e. The van der Waals surface area contributed by atoms with Gasteiger partial charge in [0.25, 0.3) is 11.8 Å². The van der Waals surface area contributed by atoms with E-state index in [0.717, 1.165) is 5.57 Å². The smallest absolute Gasteiger partial charge is 0.354 e. The van der Waals surface area contributed by atoms with Crippen molar-refractivity contribution in [2.75, 3.05) is 19.5 Å². The first-order chi connectivity index (χ1) is 12.0. The fourth-order valence-corrected chi connectivity index (χ4v) is 4.03. The number of hydrogen-bond donors (Lipinski definition) is 1. The van der Waals surface area contributed by atoms with Crippen molar-refractivity contribution in [2.45, 2.75) is 18.3 Å². The first-order valence-electron chi connectivity index (χ1n) is 7.73. The average Bonchev–Trinajstić information content (AvgIpc) is 2.64. The molecule has 3 rings (SSSR count). The Kier molecular flexibility index (Phi) is 4.98. The lowest BCUT2D eigenvalue weighted by atomic mass is 10.0. The second kappa shape index (κ2) is 7.18. The van der Waals surface area contributed by atoms with E-state index < -0.39 is 12.0 Å². The zero-order valence-electron chi connectivity index (χ0n) is 13.9. The summed E-state index contributed by atoms with van der Waals surface area (Å²) in [5, 5.41) is 2.38. The number of carbonyl (C=O) groups is 3. The van der Waals surface area contributed by atoms with Crippen molar-refractivity contribution in [3.8, 4) is 5.75 Å². The molecule has 0 radical (unpaired) electrons. The van der Waals surface area contributed by atoms with Crippen LogP contribution in [0.15, 0.2) is 41.6 Å². The Morgan fingerprint density at radius 1 is 1.32 bits per heavy atom. The van der Waals surface area contributed by atoms with Gasteiger partial charge in [0, 0.05) is 5.75 Å². The maximum absolute atomic E-state index is 12.4. The molecule has 0 aromatic heterocycles. The van der Waals surface area contributed by atoms with Gasteiger partial charge < -0.3 is 14.8 Å². The van der Waals surface area contributed by atoms with Crippen LogP contribution in [0.5, 0.6) is 5.75 Å². The number of thioether (sulfide) groups is 1. The second-order valence-corrected chi connectivity index (χ2v) is 6.78. The zero-order chi connectivity index (χ0) is 18.0. The first-order valence-corrected chi connectivity index (χ1v) is 8.77. The van der Waals surface area contributed by atoms with Gasteiger partial charge in [-0.25, -0.2) is 4.79 Å². The number of carbonyl (C=O) groups excluding carboxylic acids is 3. The highest BCUT2D eigenvalue weighted by Gasteiger charge is 2.53. The maximum Gasteiger partial charge on any atom is 0.354 e. The standard InChI is InChI=1S/C17H18N2O5S/c1-10-9-25-16-13(15(21)19(16)14(10)17(22)23-2)18-12(20)8-24-11-6-4-3-5-7-11/h3-7,13,16H,8-9H2,1-2H3,(H,18,20)/t13?,16-/m1/s1. The molecule has 2 aliphatic heterocycles. The van der Waals surface area contributed by atoms with E-state index in [1.165, 1.54) is 23.8 Å². The van der Waals surface area contributed by atoms with Gasteiger partial charge in [0.05, 0.1) is 7.11 Å². The van der Waals surface area contributed by atoms with E-state index in [9.17, 15) is 14.4 Å². The molecule has 132 valence electrons. The van der Waals surface area contributed by atoms with Gasteiger partial charge in [0.2, 0.25) is 0 Å². The van der Waals surface area contributed by atoms with Crippen molar-refractivity contribution < 1.29 is 23.9 Å². The van der Waals surface area contributed by atoms with Gasteiger partial charge in [-0.3, -0.25) is 14.5 Å². The van der Waals surface area contributed by atoms with E-state index >= 15 is 0 Å². The molecular formula is C17H18N2O5S. The molecular weight excluding hydrogens is 344 g/mol. The molecule has 8 heteroatoms. The lowest BCUT2D eigenvalue weighted by molar-refractivity contribution is -0.152. The van der Waals surface area contributed by atoms with Crippen molar-refractivity contribution in [1.82, 2.24) is 10.2 Å². The normalized spacial score (nSPS) is 22.0. The summed E-state index contributed by atoms with van der Waals surface area (Å²) in [6.45, 7) is 1.62. The predicted octanol–water partition coefficient (Wildman–Crippen LogP) is 0.912.